The summed E-state index contributed by atoms with van der Waals surface area (Å²) in [5.74, 6) is 0.652. The zero-order valence-electron chi connectivity index (χ0n) is 12.8. The second-order valence-corrected chi connectivity index (χ2v) is 5.58. The van der Waals surface area contributed by atoms with Gasteiger partial charge in [0.25, 0.3) is 0 Å². The number of rotatable bonds is 4. The summed E-state index contributed by atoms with van der Waals surface area (Å²) in [5.41, 5.74) is 2.06. The van der Waals surface area contributed by atoms with Crippen molar-refractivity contribution in [3.63, 3.8) is 0 Å². The van der Waals surface area contributed by atoms with Crippen molar-refractivity contribution in [2.75, 3.05) is 26.3 Å². The Morgan fingerprint density at radius 3 is 2.78 bits per heavy atom. The Hall–Kier alpha value is -2.37. The Labute approximate surface area is 134 Å². The molecule has 0 radical (unpaired) electrons. The average Bonchev–Trinajstić information content (AvgIpc) is 3.01. The molecule has 0 saturated carbocycles. The van der Waals surface area contributed by atoms with Crippen LogP contribution in [0.15, 0.2) is 54.6 Å². The lowest BCUT2D eigenvalue weighted by atomic mass is 10.2. The third-order valence-corrected chi connectivity index (χ3v) is 3.96. The topological polar surface area (TPSA) is 48.3 Å². The molecule has 3 aromatic rings. The van der Waals surface area contributed by atoms with E-state index in [-0.39, 0.29) is 6.10 Å². The van der Waals surface area contributed by atoms with Crippen LogP contribution in [-0.4, -0.2) is 42.2 Å². The van der Waals surface area contributed by atoms with Crippen molar-refractivity contribution in [3.8, 4) is 11.6 Å². The number of hydrogen-bond donors (Lipinski definition) is 1. The summed E-state index contributed by atoms with van der Waals surface area (Å²) in [5, 5.41) is 8.99. The number of ether oxygens (including phenoxy) is 2. The predicted octanol–water partition coefficient (Wildman–Crippen LogP) is 2.39. The molecule has 23 heavy (non-hydrogen) atoms. The number of nitrogens with one attached hydrogen (secondary N) is 1. The molecule has 1 aliphatic heterocycles. The summed E-state index contributed by atoms with van der Waals surface area (Å²) < 4.78 is 13.6. The normalized spacial score (nSPS) is 18.2. The molecule has 0 aliphatic carbocycles. The molecule has 1 aromatic heterocycles. The Morgan fingerprint density at radius 1 is 1.13 bits per heavy atom. The van der Waals surface area contributed by atoms with E-state index in [9.17, 15) is 0 Å². The zero-order valence-corrected chi connectivity index (χ0v) is 12.8. The van der Waals surface area contributed by atoms with Crippen LogP contribution in [0.5, 0.6) is 5.88 Å². The van der Waals surface area contributed by atoms with Gasteiger partial charge in [-0.25, -0.2) is 4.68 Å². The molecule has 1 aliphatic rings. The predicted molar refractivity (Wildman–Crippen MR) is 89.2 cm³/mol. The van der Waals surface area contributed by atoms with Crippen LogP contribution in [0.25, 0.3) is 16.6 Å². The van der Waals surface area contributed by atoms with E-state index in [2.05, 4.69) is 16.5 Å². The summed E-state index contributed by atoms with van der Waals surface area (Å²) in [6.07, 6.45) is 0.0735. The van der Waals surface area contributed by atoms with Crippen molar-refractivity contribution in [3.05, 3.63) is 54.6 Å². The molecule has 0 bridgehead atoms. The molecule has 0 amide bonds. The molecule has 2 aromatic carbocycles. The largest absolute Gasteiger partial charge is 0.473 e. The van der Waals surface area contributed by atoms with Gasteiger partial charge in [0.1, 0.15) is 12.7 Å². The van der Waals surface area contributed by atoms with Crippen LogP contribution in [0.4, 0.5) is 0 Å². The van der Waals surface area contributed by atoms with E-state index in [1.807, 2.05) is 53.2 Å². The number of benzene rings is 2. The summed E-state index contributed by atoms with van der Waals surface area (Å²) >= 11 is 0. The Kier molecular flexibility index (Phi) is 3.96. The Bertz CT molecular complexity index is 779. The van der Waals surface area contributed by atoms with Gasteiger partial charge in [0.15, 0.2) is 0 Å². The molecule has 2 heterocycles. The van der Waals surface area contributed by atoms with Gasteiger partial charge >= 0.3 is 0 Å². The highest BCUT2D eigenvalue weighted by atomic mass is 16.5. The minimum absolute atomic E-state index is 0.0735. The molecule has 1 atom stereocenters. The fourth-order valence-electron chi connectivity index (χ4n) is 2.81. The minimum atomic E-state index is 0.0735. The van der Waals surface area contributed by atoms with Crippen LogP contribution in [-0.2, 0) is 4.74 Å². The van der Waals surface area contributed by atoms with Gasteiger partial charge in [0.05, 0.1) is 23.2 Å². The van der Waals surface area contributed by atoms with Crippen LogP contribution >= 0.6 is 0 Å². The van der Waals surface area contributed by atoms with Gasteiger partial charge in [-0.1, -0.05) is 30.3 Å². The molecule has 1 N–H and O–H groups in total. The van der Waals surface area contributed by atoms with Crippen molar-refractivity contribution >= 4 is 10.9 Å². The van der Waals surface area contributed by atoms with Crippen LogP contribution in [0, 0.1) is 0 Å². The first-order chi connectivity index (χ1) is 11.4. The number of hydrogen-bond acceptors (Lipinski definition) is 4. The molecular weight excluding hydrogens is 290 g/mol. The van der Waals surface area contributed by atoms with E-state index in [4.69, 9.17) is 9.47 Å². The first kappa shape index (κ1) is 14.2. The Balaban J connectivity index is 1.64. The van der Waals surface area contributed by atoms with Crippen LogP contribution < -0.4 is 10.1 Å². The second-order valence-electron chi connectivity index (χ2n) is 5.58. The van der Waals surface area contributed by atoms with Crippen molar-refractivity contribution in [1.82, 2.24) is 15.1 Å². The molecule has 1 unspecified atom stereocenters. The number of nitrogens with zero attached hydrogens (tertiary/aromatic N) is 2. The molecule has 118 valence electrons. The van der Waals surface area contributed by atoms with E-state index in [0.717, 1.165) is 36.3 Å². The lowest BCUT2D eigenvalue weighted by molar-refractivity contribution is -0.000504. The first-order valence-electron chi connectivity index (χ1n) is 7.90. The van der Waals surface area contributed by atoms with Crippen LogP contribution in [0.3, 0.4) is 0 Å². The maximum atomic E-state index is 5.96. The molecule has 0 spiro atoms. The molecule has 1 fully saturated rings. The number of morpholine rings is 1. The van der Waals surface area contributed by atoms with Gasteiger partial charge in [-0.2, -0.15) is 0 Å². The van der Waals surface area contributed by atoms with Crippen LogP contribution in [0.1, 0.15) is 0 Å². The highest BCUT2D eigenvalue weighted by Crippen LogP contribution is 2.27. The van der Waals surface area contributed by atoms with Crippen molar-refractivity contribution in [2.45, 2.75) is 6.10 Å². The number of aromatic nitrogens is 2. The highest BCUT2D eigenvalue weighted by Gasteiger charge is 2.17. The van der Waals surface area contributed by atoms with E-state index >= 15 is 0 Å². The summed E-state index contributed by atoms with van der Waals surface area (Å²) in [7, 11) is 0. The van der Waals surface area contributed by atoms with Gasteiger partial charge in [-0.05, 0) is 24.3 Å². The summed E-state index contributed by atoms with van der Waals surface area (Å²) in [6.45, 7) is 2.95. The molecular formula is C18H19N3O2. The molecule has 4 rings (SSSR count). The smallest absolute Gasteiger partial charge is 0.241 e. The fraction of sp³-hybridized carbons (Fsp3) is 0.278. The van der Waals surface area contributed by atoms with Gasteiger partial charge in [0, 0.05) is 13.1 Å². The number of fused-ring (bicyclic) bond motifs is 1. The van der Waals surface area contributed by atoms with Crippen molar-refractivity contribution < 1.29 is 9.47 Å². The average molecular weight is 309 g/mol. The first-order valence-corrected chi connectivity index (χ1v) is 7.90. The zero-order chi connectivity index (χ0) is 15.5. The van der Waals surface area contributed by atoms with Gasteiger partial charge in [0.2, 0.25) is 5.88 Å². The maximum absolute atomic E-state index is 5.96. The van der Waals surface area contributed by atoms with Gasteiger partial charge in [-0.3, -0.25) is 0 Å². The van der Waals surface area contributed by atoms with E-state index in [1.165, 1.54) is 0 Å². The SMILES string of the molecule is c1ccc(-n2nc(OCC3CNCCO3)c3ccccc32)cc1. The maximum Gasteiger partial charge on any atom is 0.241 e. The lowest BCUT2D eigenvalue weighted by Gasteiger charge is -2.23. The molecule has 5 heteroatoms. The molecule has 1 saturated heterocycles. The fourth-order valence-corrected chi connectivity index (χ4v) is 2.81. The van der Waals surface area contributed by atoms with Gasteiger partial charge in [-0.15, -0.1) is 5.10 Å². The quantitative estimate of drug-likeness (QED) is 0.804. The third kappa shape index (κ3) is 2.93. The second kappa shape index (κ2) is 6.40. The monoisotopic (exact) mass is 309 g/mol. The summed E-state index contributed by atoms with van der Waals surface area (Å²) in [6, 6.07) is 18.2. The lowest BCUT2D eigenvalue weighted by Crippen LogP contribution is -2.41. The summed E-state index contributed by atoms with van der Waals surface area (Å²) in [4.78, 5) is 0. The van der Waals surface area contributed by atoms with Gasteiger partial charge < -0.3 is 14.8 Å². The standard InChI is InChI=1S/C18H19N3O2/c1-2-6-14(7-3-1)21-17-9-5-4-8-16(17)18(20-21)23-13-15-12-19-10-11-22-15/h1-9,15,19H,10-13H2. The third-order valence-electron chi connectivity index (χ3n) is 3.96. The van der Waals surface area contributed by atoms with Crippen molar-refractivity contribution in [2.24, 2.45) is 0 Å². The Morgan fingerprint density at radius 2 is 1.96 bits per heavy atom. The van der Waals surface area contributed by atoms with E-state index in [0.29, 0.717) is 12.5 Å². The van der Waals surface area contributed by atoms with E-state index < -0.39 is 0 Å². The minimum Gasteiger partial charge on any atom is -0.473 e. The number of para-hydroxylation sites is 2. The molecule has 5 nitrogen and oxygen atoms in total. The van der Waals surface area contributed by atoms with Crippen molar-refractivity contribution in [1.29, 1.82) is 0 Å². The van der Waals surface area contributed by atoms with E-state index in [1.54, 1.807) is 0 Å². The highest BCUT2D eigenvalue weighted by molar-refractivity contribution is 5.85. The van der Waals surface area contributed by atoms with Crippen LogP contribution in [0.2, 0.25) is 0 Å².